The van der Waals surface area contributed by atoms with Crippen molar-refractivity contribution in [3.63, 3.8) is 0 Å². The fourth-order valence-corrected chi connectivity index (χ4v) is 2.42. The maximum atomic E-state index is 13.3. The van der Waals surface area contributed by atoms with Crippen molar-refractivity contribution in [1.29, 1.82) is 0 Å². The summed E-state index contributed by atoms with van der Waals surface area (Å²) in [5.74, 6) is -0.317. The minimum atomic E-state index is -0.337. The molecule has 1 amide bonds. The van der Waals surface area contributed by atoms with E-state index in [1.807, 2.05) is 0 Å². The van der Waals surface area contributed by atoms with Crippen molar-refractivity contribution >= 4 is 34.2 Å². The lowest BCUT2D eigenvalue weighted by Gasteiger charge is -2.30. The summed E-state index contributed by atoms with van der Waals surface area (Å²) in [5, 5.41) is 0. The van der Waals surface area contributed by atoms with E-state index in [1.165, 1.54) is 6.07 Å². The van der Waals surface area contributed by atoms with Crippen LogP contribution in [0.2, 0.25) is 0 Å². The summed E-state index contributed by atoms with van der Waals surface area (Å²) in [7, 11) is 0. The second-order valence-electron chi connectivity index (χ2n) is 4.67. The van der Waals surface area contributed by atoms with Crippen molar-refractivity contribution in [3.05, 3.63) is 34.1 Å². The maximum Gasteiger partial charge on any atom is 0.227 e. The van der Waals surface area contributed by atoms with Crippen molar-refractivity contribution in [2.45, 2.75) is 25.3 Å². The predicted octanol–water partition coefficient (Wildman–Crippen LogP) is 2.50. The molecule has 106 valence electrons. The van der Waals surface area contributed by atoms with Crippen LogP contribution < -0.4 is 5.73 Å². The zero-order chi connectivity index (χ0) is 13.1. The molecule has 0 spiro atoms. The first-order chi connectivity index (χ1) is 8.56. The van der Waals surface area contributed by atoms with Crippen molar-refractivity contribution in [1.82, 2.24) is 4.90 Å². The molecule has 1 atom stereocenters. The zero-order valence-corrected chi connectivity index (χ0v) is 12.8. The highest BCUT2D eigenvalue weighted by molar-refractivity contribution is 9.10. The van der Waals surface area contributed by atoms with Gasteiger partial charge in [0.1, 0.15) is 5.82 Å². The molecule has 19 heavy (non-hydrogen) atoms. The Labute approximate surface area is 126 Å². The van der Waals surface area contributed by atoms with Gasteiger partial charge in [-0.2, -0.15) is 0 Å². The average Bonchev–Trinajstić information content (AvgIpc) is 2.34. The lowest BCUT2D eigenvalue weighted by molar-refractivity contribution is -0.131. The summed E-state index contributed by atoms with van der Waals surface area (Å²) < 4.78 is 13.8. The number of likely N-dealkylation sites (tertiary alicyclic amines) is 1. The number of halogens is 3. The Morgan fingerprint density at radius 1 is 1.53 bits per heavy atom. The highest BCUT2D eigenvalue weighted by Crippen LogP contribution is 2.17. The third-order valence-electron chi connectivity index (χ3n) is 3.15. The van der Waals surface area contributed by atoms with Crippen LogP contribution in [0.5, 0.6) is 0 Å². The van der Waals surface area contributed by atoms with Crippen LogP contribution in [0.15, 0.2) is 22.7 Å². The molecule has 1 saturated heterocycles. The Morgan fingerprint density at radius 3 is 2.89 bits per heavy atom. The number of amides is 1. The molecule has 6 heteroatoms. The molecule has 1 aliphatic rings. The molecule has 1 fully saturated rings. The van der Waals surface area contributed by atoms with Gasteiger partial charge in [-0.1, -0.05) is 6.07 Å². The number of carbonyl (C=O) groups is 1. The zero-order valence-electron chi connectivity index (χ0n) is 10.4. The summed E-state index contributed by atoms with van der Waals surface area (Å²) in [6, 6.07) is 4.85. The standard InChI is InChI=1S/C13H16BrFN2O.ClH/c14-11-4-3-9(6-12(11)15)7-13(18)17-5-1-2-10(16)8-17;/h3-4,6,10H,1-2,5,7-8,16H2;1H. The van der Waals surface area contributed by atoms with Gasteiger partial charge in [0.2, 0.25) is 5.91 Å². The molecule has 3 nitrogen and oxygen atoms in total. The van der Waals surface area contributed by atoms with E-state index in [9.17, 15) is 9.18 Å². The Kier molecular flexibility index (Phi) is 6.23. The minimum absolute atomic E-state index is 0. The van der Waals surface area contributed by atoms with Gasteiger partial charge in [-0.15, -0.1) is 12.4 Å². The molecule has 0 aromatic heterocycles. The maximum absolute atomic E-state index is 13.3. The molecule has 2 N–H and O–H groups in total. The lowest BCUT2D eigenvalue weighted by atomic mass is 10.1. The second kappa shape index (κ2) is 7.22. The molecule has 2 rings (SSSR count). The van der Waals surface area contributed by atoms with E-state index >= 15 is 0 Å². The van der Waals surface area contributed by atoms with Crippen molar-refractivity contribution < 1.29 is 9.18 Å². The average molecular weight is 352 g/mol. The quantitative estimate of drug-likeness (QED) is 0.890. The third-order valence-corrected chi connectivity index (χ3v) is 3.79. The first-order valence-electron chi connectivity index (χ1n) is 6.03. The largest absolute Gasteiger partial charge is 0.341 e. The Morgan fingerprint density at radius 2 is 2.26 bits per heavy atom. The highest BCUT2D eigenvalue weighted by atomic mass is 79.9. The van der Waals surface area contributed by atoms with E-state index in [1.54, 1.807) is 17.0 Å². The van der Waals surface area contributed by atoms with Crippen molar-refractivity contribution in [2.24, 2.45) is 5.73 Å². The molecule has 1 aliphatic heterocycles. The monoisotopic (exact) mass is 350 g/mol. The number of piperidine rings is 1. The van der Waals surface area contributed by atoms with Crippen LogP contribution in [0.25, 0.3) is 0 Å². The van der Waals surface area contributed by atoms with Gasteiger partial charge in [0.15, 0.2) is 0 Å². The Balaban J connectivity index is 0.00000180. The Bertz CT molecular complexity index is 458. The van der Waals surface area contributed by atoms with Crippen LogP contribution in [0.3, 0.4) is 0 Å². The van der Waals surface area contributed by atoms with E-state index < -0.39 is 0 Å². The Hall–Kier alpha value is -0.650. The van der Waals surface area contributed by atoms with Crippen LogP contribution in [-0.4, -0.2) is 29.9 Å². The van der Waals surface area contributed by atoms with Crippen molar-refractivity contribution in [2.75, 3.05) is 13.1 Å². The van der Waals surface area contributed by atoms with Crippen LogP contribution in [-0.2, 0) is 11.2 Å². The number of nitrogens with two attached hydrogens (primary N) is 1. The number of hydrogen-bond acceptors (Lipinski definition) is 2. The summed E-state index contributed by atoms with van der Waals surface area (Å²) in [4.78, 5) is 13.8. The number of benzene rings is 1. The first-order valence-corrected chi connectivity index (χ1v) is 6.83. The SMILES string of the molecule is Cl.NC1CCCN(C(=O)Cc2ccc(Br)c(F)c2)C1. The van der Waals surface area contributed by atoms with Crippen molar-refractivity contribution in [3.8, 4) is 0 Å². The molecule has 1 aromatic carbocycles. The lowest BCUT2D eigenvalue weighted by Crippen LogP contribution is -2.46. The van der Waals surface area contributed by atoms with Gasteiger partial charge in [0, 0.05) is 19.1 Å². The molecule has 0 saturated carbocycles. The summed E-state index contributed by atoms with van der Waals surface area (Å²) in [5.41, 5.74) is 6.53. The molecule has 0 radical (unpaired) electrons. The van der Waals surface area contributed by atoms with E-state index in [0.717, 1.165) is 19.4 Å². The fourth-order valence-electron chi connectivity index (χ4n) is 2.17. The second-order valence-corrected chi connectivity index (χ2v) is 5.52. The molecular formula is C13H17BrClFN2O. The fraction of sp³-hybridized carbons (Fsp3) is 0.462. The van der Waals surface area contributed by atoms with Gasteiger partial charge < -0.3 is 10.6 Å². The predicted molar refractivity (Wildman–Crippen MR) is 78.8 cm³/mol. The number of rotatable bonds is 2. The van der Waals surface area contributed by atoms with Crippen LogP contribution in [0.1, 0.15) is 18.4 Å². The van der Waals surface area contributed by atoms with Gasteiger partial charge in [-0.25, -0.2) is 4.39 Å². The summed E-state index contributed by atoms with van der Waals surface area (Å²) in [6.45, 7) is 1.36. The van der Waals surface area contributed by atoms with Gasteiger partial charge in [-0.05, 0) is 46.5 Å². The summed E-state index contributed by atoms with van der Waals surface area (Å²) >= 11 is 3.09. The van der Waals surface area contributed by atoms with E-state index in [0.29, 0.717) is 16.6 Å². The number of carbonyl (C=O) groups excluding carboxylic acids is 1. The van der Waals surface area contributed by atoms with Crippen LogP contribution in [0.4, 0.5) is 4.39 Å². The van der Waals surface area contributed by atoms with Crippen LogP contribution >= 0.6 is 28.3 Å². The molecular weight excluding hydrogens is 335 g/mol. The molecule has 0 aliphatic carbocycles. The topological polar surface area (TPSA) is 46.3 Å². The third kappa shape index (κ3) is 4.44. The van der Waals surface area contributed by atoms with Gasteiger partial charge in [-0.3, -0.25) is 4.79 Å². The van der Waals surface area contributed by atoms with E-state index in [2.05, 4.69) is 15.9 Å². The van der Waals surface area contributed by atoms with Gasteiger partial charge >= 0.3 is 0 Å². The summed E-state index contributed by atoms with van der Waals surface area (Å²) in [6.07, 6.45) is 2.15. The minimum Gasteiger partial charge on any atom is -0.341 e. The normalized spacial score (nSPS) is 18.9. The van der Waals surface area contributed by atoms with E-state index in [-0.39, 0.29) is 36.6 Å². The van der Waals surface area contributed by atoms with Crippen LogP contribution in [0, 0.1) is 5.82 Å². The molecule has 1 unspecified atom stereocenters. The smallest absolute Gasteiger partial charge is 0.227 e. The van der Waals surface area contributed by atoms with E-state index in [4.69, 9.17) is 5.73 Å². The highest BCUT2D eigenvalue weighted by Gasteiger charge is 2.21. The molecule has 1 aromatic rings. The molecule has 1 heterocycles. The number of nitrogens with zero attached hydrogens (tertiary/aromatic N) is 1. The van der Waals surface area contributed by atoms with Gasteiger partial charge in [0.25, 0.3) is 0 Å². The molecule has 0 bridgehead atoms. The first kappa shape index (κ1) is 16.4. The van der Waals surface area contributed by atoms with Gasteiger partial charge in [0.05, 0.1) is 10.9 Å². The number of hydrogen-bond donors (Lipinski definition) is 1.